The zero-order valence-electron chi connectivity index (χ0n) is 31.8. The number of carbonyl (C=O) groups excluding carboxylic acids is 4. The summed E-state index contributed by atoms with van der Waals surface area (Å²) in [6, 6.07) is 0. The molecular weight excluding hydrogens is 600 g/mol. The van der Waals surface area contributed by atoms with Gasteiger partial charge in [-0.15, -0.1) is 0 Å². The van der Waals surface area contributed by atoms with E-state index >= 15 is 0 Å². The zero-order chi connectivity index (χ0) is 36.2. The Balaban J connectivity index is 0.000000251. The van der Waals surface area contributed by atoms with Crippen LogP contribution in [0.3, 0.4) is 0 Å². The smallest absolute Gasteiger partial charge is 0.347 e. The molecule has 272 valence electrons. The van der Waals surface area contributed by atoms with Crippen LogP contribution in [0.15, 0.2) is 0 Å². The molecule has 0 radical (unpaired) electrons. The van der Waals surface area contributed by atoms with E-state index in [9.17, 15) is 24.3 Å². The molecule has 0 aromatic heterocycles. The predicted molar refractivity (Wildman–Crippen MR) is 181 cm³/mol. The molecule has 1 N–H and O–H groups in total. The molecule has 0 spiro atoms. The monoisotopic (exact) mass is 666 g/mol. The van der Waals surface area contributed by atoms with Gasteiger partial charge in [0, 0.05) is 12.8 Å². The first-order valence-electron chi connectivity index (χ1n) is 17.9. The Morgan fingerprint density at radius 1 is 0.809 bits per heavy atom. The van der Waals surface area contributed by atoms with Crippen LogP contribution in [0.25, 0.3) is 0 Å². The first-order valence-corrected chi connectivity index (χ1v) is 17.9. The summed E-state index contributed by atoms with van der Waals surface area (Å²) in [5.74, 6) is 0.514. The van der Waals surface area contributed by atoms with E-state index in [1.54, 1.807) is 13.8 Å². The minimum atomic E-state index is -0.687. The molecule has 9 nitrogen and oxygen atoms in total. The first-order chi connectivity index (χ1) is 21.4. The Hall–Kier alpha value is -2.16. The standard InChI is InChI=1S/C16H26O3.C12H24O2.C10H16O4/c1-4-14(2,3)13(17)19-16-8-11-5-12(9-16)7-15(18,6-11)10-16;1-8-11(4,5)10(13)14-12(6,7)9(2)3;1-4-10(2,3)9(12)14-7-5-6-13-8(7)11/h11-12,18H,4-10H2,1-3H3;9H,8H2,1-7H3;7H,4-6H2,1-3H3. The van der Waals surface area contributed by atoms with E-state index in [0.29, 0.717) is 43.6 Å². The number of cyclic esters (lactones) is 1. The molecule has 1 aliphatic heterocycles. The van der Waals surface area contributed by atoms with Crippen molar-refractivity contribution in [3.8, 4) is 0 Å². The highest BCUT2D eigenvalue weighted by atomic mass is 16.6. The van der Waals surface area contributed by atoms with Crippen LogP contribution in [0.2, 0.25) is 0 Å². The number of aliphatic hydroxyl groups is 1. The van der Waals surface area contributed by atoms with Gasteiger partial charge in [0.1, 0.15) is 11.2 Å². The molecule has 9 heteroatoms. The fourth-order valence-corrected chi connectivity index (χ4v) is 6.39. The SMILES string of the molecule is CCC(C)(C)C(=O)OC(C)(C)C(C)C.CCC(C)(C)C(=O)OC12CC3CC(CC(O)(C3)C1)C2.CCC(C)(C)C(=O)OC1CCOC1=O. The summed E-state index contributed by atoms with van der Waals surface area (Å²) in [7, 11) is 0. The van der Waals surface area contributed by atoms with Gasteiger partial charge in [-0.1, -0.05) is 34.6 Å². The number of hydrogen-bond donors (Lipinski definition) is 1. The molecule has 5 fully saturated rings. The highest BCUT2D eigenvalue weighted by Crippen LogP contribution is 2.59. The summed E-state index contributed by atoms with van der Waals surface area (Å²) in [4.78, 5) is 46.8. The molecule has 3 atom stereocenters. The van der Waals surface area contributed by atoms with Gasteiger partial charge in [-0.25, -0.2) is 4.79 Å². The van der Waals surface area contributed by atoms with Gasteiger partial charge < -0.3 is 24.1 Å². The second kappa shape index (κ2) is 15.2. The van der Waals surface area contributed by atoms with Gasteiger partial charge in [0.15, 0.2) is 0 Å². The molecule has 1 heterocycles. The van der Waals surface area contributed by atoms with Crippen molar-refractivity contribution in [2.45, 2.75) is 177 Å². The largest absolute Gasteiger partial charge is 0.463 e. The maximum absolute atomic E-state index is 12.4. The maximum Gasteiger partial charge on any atom is 0.347 e. The van der Waals surface area contributed by atoms with E-state index in [0.717, 1.165) is 38.5 Å². The number of hydrogen-bond acceptors (Lipinski definition) is 9. The highest BCUT2D eigenvalue weighted by Gasteiger charge is 2.59. The summed E-state index contributed by atoms with van der Waals surface area (Å²) in [5.41, 5.74) is -2.59. The fraction of sp³-hybridized carbons (Fsp3) is 0.895. The summed E-state index contributed by atoms with van der Waals surface area (Å²) in [6.45, 7) is 25.7. The number of carbonyl (C=O) groups is 4. The summed E-state index contributed by atoms with van der Waals surface area (Å²) >= 11 is 0. The third-order valence-electron chi connectivity index (χ3n) is 11.5. The second-order valence-electron chi connectivity index (χ2n) is 17.5. The molecule has 3 unspecified atom stereocenters. The minimum absolute atomic E-state index is 0.0828. The van der Waals surface area contributed by atoms with E-state index in [1.807, 2.05) is 62.3 Å². The van der Waals surface area contributed by atoms with Crippen LogP contribution in [-0.2, 0) is 38.1 Å². The average Bonchev–Trinajstić information content (AvgIpc) is 3.35. The molecule has 1 saturated heterocycles. The topological polar surface area (TPSA) is 125 Å². The average molecular weight is 667 g/mol. The number of esters is 4. The van der Waals surface area contributed by atoms with Crippen LogP contribution >= 0.6 is 0 Å². The van der Waals surface area contributed by atoms with Gasteiger partial charge >= 0.3 is 23.9 Å². The molecule has 0 amide bonds. The molecule has 0 aromatic rings. The van der Waals surface area contributed by atoms with Gasteiger partial charge in [0.25, 0.3) is 0 Å². The Labute approximate surface area is 284 Å². The third kappa shape index (κ3) is 10.7. The first kappa shape index (κ1) is 41.0. The van der Waals surface area contributed by atoms with Crippen LogP contribution in [0.5, 0.6) is 0 Å². The van der Waals surface area contributed by atoms with Crippen molar-refractivity contribution in [3.63, 3.8) is 0 Å². The van der Waals surface area contributed by atoms with E-state index in [2.05, 4.69) is 13.8 Å². The fourth-order valence-electron chi connectivity index (χ4n) is 6.39. The normalized spacial score (nSPS) is 28.4. The van der Waals surface area contributed by atoms with E-state index in [4.69, 9.17) is 18.9 Å². The minimum Gasteiger partial charge on any atom is -0.463 e. The molecule has 0 aromatic carbocycles. The Kier molecular flexibility index (Phi) is 13.2. The van der Waals surface area contributed by atoms with Gasteiger partial charge in [0.2, 0.25) is 6.10 Å². The molecular formula is C38H66O9. The van der Waals surface area contributed by atoms with Crippen LogP contribution in [-0.4, -0.2) is 58.5 Å². The zero-order valence-corrected chi connectivity index (χ0v) is 31.8. The lowest BCUT2D eigenvalue weighted by Crippen LogP contribution is -2.61. The maximum atomic E-state index is 12.4. The lowest BCUT2D eigenvalue weighted by Gasteiger charge is -2.59. The van der Waals surface area contributed by atoms with Crippen molar-refractivity contribution in [3.05, 3.63) is 0 Å². The van der Waals surface area contributed by atoms with Crippen LogP contribution in [0.1, 0.15) is 154 Å². The second-order valence-corrected chi connectivity index (χ2v) is 17.5. The molecule has 4 saturated carbocycles. The van der Waals surface area contributed by atoms with Gasteiger partial charge in [-0.3, -0.25) is 14.4 Å². The van der Waals surface area contributed by atoms with Gasteiger partial charge in [-0.05, 0) is 125 Å². The number of rotatable bonds is 10. The predicted octanol–water partition coefficient (Wildman–Crippen LogP) is 7.73. The van der Waals surface area contributed by atoms with Crippen molar-refractivity contribution >= 4 is 23.9 Å². The Morgan fingerprint density at radius 2 is 1.28 bits per heavy atom. The third-order valence-corrected chi connectivity index (χ3v) is 11.5. The molecule has 5 aliphatic rings. The lowest BCUT2D eigenvalue weighted by atomic mass is 9.52. The van der Waals surface area contributed by atoms with Crippen LogP contribution in [0.4, 0.5) is 0 Å². The molecule has 4 aliphatic carbocycles. The highest BCUT2D eigenvalue weighted by molar-refractivity contribution is 5.82. The van der Waals surface area contributed by atoms with Crippen molar-refractivity contribution in [2.24, 2.45) is 34.0 Å². The quantitative estimate of drug-likeness (QED) is 0.184. The Morgan fingerprint density at radius 3 is 1.68 bits per heavy atom. The summed E-state index contributed by atoms with van der Waals surface area (Å²) in [5, 5.41) is 10.6. The van der Waals surface area contributed by atoms with E-state index < -0.39 is 28.5 Å². The molecule has 47 heavy (non-hydrogen) atoms. The van der Waals surface area contributed by atoms with Crippen LogP contribution in [0, 0.1) is 34.0 Å². The Bertz CT molecular complexity index is 1100. The van der Waals surface area contributed by atoms with Crippen LogP contribution < -0.4 is 0 Å². The summed E-state index contributed by atoms with van der Waals surface area (Å²) < 4.78 is 21.3. The van der Waals surface area contributed by atoms with Crippen molar-refractivity contribution < 1.29 is 43.2 Å². The van der Waals surface area contributed by atoms with Crippen molar-refractivity contribution in [2.75, 3.05) is 6.61 Å². The van der Waals surface area contributed by atoms with Gasteiger partial charge in [-0.2, -0.15) is 0 Å². The van der Waals surface area contributed by atoms with Gasteiger partial charge in [0.05, 0.1) is 28.5 Å². The number of ether oxygens (including phenoxy) is 4. The van der Waals surface area contributed by atoms with Crippen molar-refractivity contribution in [1.82, 2.24) is 0 Å². The molecule has 4 bridgehead atoms. The lowest BCUT2D eigenvalue weighted by molar-refractivity contribution is -0.225. The summed E-state index contributed by atoms with van der Waals surface area (Å²) in [6.07, 6.45) is 7.73. The molecule has 5 rings (SSSR count). The van der Waals surface area contributed by atoms with Crippen molar-refractivity contribution in [1.29, 1.82) is 0 Å². The van der Waals surface area contributed by atoms with E-state index in [-0.39, 0.29) is 34.5 Å². The van der Waals surface area contributed by atoms with E-state index in [1.165, 1.54) is 6.42 Å².